The number of aromatic nitrogens is 3. The van der Waals surface area contributed by atoms with Crippen LogP contribution in [0.15, 0.2) is 42.7 Å². The van der Waals surface area contributed by atoms with Crippen molar-refractivity contribution in [2.45, 2.75) is 6.54 Å². The van der Waals surface area contributed by atoms with E-state index in [1.165, 1.54) is 7.11 Å². The van der Waals surface area contributed by atoms with Gasteiger partial charge in [-0.25, -0.2) is 9.97 Å². The summed E-state index contributed by atoms with van der Waals surface area (Å²) >= 11 is 0. The van der Waals surface area contributed by atoms with Crippen molar-refractivity contribution in [3.05, 3.63) is 54.0 Å². The molecule has 0 atom stereocenters. The lowest BCUT2D eigenvalue weighted by Crippen LogP contribution is -2.23. The largest absolute Gasteiger partial charge is 0.491 e. The molecule has 0 N–H and O–H groups in total. The van der Waals surface area contributed by atoms with Crippen LogP contribution in [0.5, 0.6) is 17.5 Å². The molecule has 0 saturated carbocycles. The number of nitrogens with zero attached hydrogens (tertiary/aromatic N) is 4. The first kappa shape index (κ1) is 20.5. The highest BCUT2D eigenvalue weighted by Crippen LogP contribution is 2.32. The van der Waals surface area contributed by atoms with Crippen LogP contribution in [0, 0.1) is 0 Å². The molecule has 0 unspecified atom stereocenters. The summed E-state index contributed by atoms with van der Waals surface area (Å²) in [4.78, 5) is 27.7. The Kier molecular flexibility index (Phi) is 5.94. The van der Waals surface area contributed by atoms with E-state index < -0.39 is 0 Å². The summed E-state index contributed by atoms with van der Waals surface area (Å²) < 4.78 is 20.9. The number of methoxy groups -OCH3 is 3. The third-order valence-electron chi connectivity index (χ3n) is 4.85. The van der Waals surface area contributed by atoms with Crippen LogP contribution in [0.4, 0.5) is 5.69 Å². The average Bonchev–Trinajstić information content (AvgIpc) is 3.15. The zero-order chi connectivity index (χ0) is 21.8. The number of anilines is 1. The lowest BCUT2D eigenvalue weighted by atomic mass is 10.1. The number of pyridine rings is 3. The molecule has 3 aromatic heterocycles. The number of hydrogen-bond acceptors (Lipinski definition) is 8. The molecule has 3 aromatic rings. The van der Waals surface area contributed by atoms with Gasteiger partial charge in [0.05, 0.1) is 56.2 Å². The van der Waals surface area contributed by atoms with Crippen molar-refractivity contribution in [2.24, 2.45) is 0 Å². The average molecular weight is 422 g/mol. The molecule has 0 spiro atoms. The Morgan fingerprint density at radius 1 is 1.00 bits per heavy atom. The van der Waals surface area contributed by atoms with E-state index in [1.54, 1.807) is 61.8 Å². The molecule has 0 aromatic carbocycles. The third-order valence-corrected chi connectivity index (χ3v) is 4.85. The molecule has 1 aliphatic rings. The molecule has 0 bridgehead atoms. The third kappa shape index (κ3) is 4.13. The molecule has 4 heterocycles. The number of rotatable bonds is 8. The Morgan fingerprint density at radius 3 is 2.58 bits per heavy atom. The predicted molar refractivity (Wildman–Crippen MR) is 113 cm³/mol. The predicted octanol–water partition coefficient (Wildman–Crippen LogP) is 2.74. The SMILES string of the molecule is COCCOc1ccc(N2Cc3nc(-c4cnc(OC)c(OC)c4)ccc3C2=O)cn1. The molecular formula is C22H22N4O5. The number of ether oxygens (including phenoxy) is 4. The van der Waals surface area contributed by atoms with Crippen LogP contribution in [-0.2, 0) is 11.3 Å². The smallest absolute Gasteiger partial charge is 0.260 e. The summed E-state index contributed by atoms with van der Waals surface area (Å²) in [6.45, 7) is 1.25. The fraction of sp³-hybridized carbons (Fsp3) is 0.273. The van der Waals surface area contributed by atoms with E-state index in [1.807, 2.05) is 0 Å². The summed E-state index contributed by atoms with van der Waals surface area (Å²) in [5.41, 5.74) is 3.40. The molecule has 9 heteroatoms. The topological polar surface area (TPSA) is 95.9 Å². The Morgan fingerprint density at radius 2 is 1.87 bits per heavy atom. The second-order valence-corrected chi connectivity index (χ2v) is 6.71. The van der Waals surface area contributed by atoms with Crippen LogP contribution in [0.3, 0.4) is 0 Å². The van der Waals surface area contributed by atoms with Gasteiger partial charge in [0.15, 0.2) is 5.75 Å². The molecule has 9 nitrogen and oxygen atoms in total. The van der Waals surface area contributed by atoms with Crippen molar-refractivity contribution in [2.75, 3.05) is 39.4 Å². The van der Waals surface area contributed by atoms with Gasteiger partial charge in [-0.2, -0.15) is 0 Å². The fourth-order valence-electron chi connectivity index (χ4n) is 3.27. The molecule has 31 heavy (non-hydrogen) atoms. The van der Waals surface area contributed by atoms with Gasteiger partial charge in [0.1, 0.15) is 6.61 Å². The Labute approximate surface area is 179 Å². The quantitative estimate of drug-likeness (QED) is 0.512. The number of amides is 1. The van der Waals surface area contributed by atoms with Crippen LogP contribution < -0.4 is 19.1 Å². The molecule has 0 saturated heterocycles. The van der Waals surface area contributed by atoms with E-state index in [-0.39, 0.29) is 5.91 Å². The zero-order valence-electron chi connectivity index (χ0n) is 17.5. The van der Waals surface area contributed by atoms with Gasteiger partial charge in [-0.15, -0.1) is 0 Å². The molecule has 0 aliphatic carbocycles. The molecule has 4 rings (SSSR count). The minimum atomic E-state index is -0.116. The lowest BCUT2D eigenvalue weighted by molar-refractivity contribution is 0.0996. The number of carbonyl (C=O) groups is 1. The Hall–Kier alpha value is -3.72. The normalized spacial score (nSPS) is 12.6. The maximum Gasteiger partial charge on any atom is 0.260 e. The summed E-state index contributed by atoms with van der Waals surface area (Å²) in [5.74, 6) is 1.27. The summed E-state index contributed by atoms with van der Waals surface area (Å²) in [7, 11) is 4.70. The molecule has 160 valence electrons. The summed E-state index contributed by atoms with van der Waals surface area (Å²) in [6.07, 6.45) is 3.28. The van der Waals surface area contributed by atoms with Crippen LogP contribution in [0.25, 0.3) is 11.3 Å². The second kappa shape index (κ2) is 8.97. The minimum Gasteiger partial charge on any atom is -0.491 e. The van der Waals surface area contributed by atoms with Crippen molar-refractivity contribution in [3.63, 3.8) is 0 Å². The lowest BCUT2D eigenvalue weighted by Gasteiger charge is -2.15. The van der Waals surface area contributed by atoms with Gasteiger partial charge < -0.3 is 23.8 Å². The van der Waals surface area contributed by atoms with E-state index in [9.17, 15) is 4.79 Å². The summed E-state index contributed by atoms with van der Waals surface area (Å²) in [5, 5.41) is 0. The zero-order valence-corrected chi connectivity index (χ0v) is 17.5. The van der Waals surface area contributed by atoms with Crippen LogP contribution >= 0.6 is 0 Å². The Balaban J connectivity index is 1.54. The standard InChI is InChI=1S/C22H22N4O5/c1-28-8-9-31-20-7-4-15(12-23-20)26-13-18-16(22(26)27)5-6-17(25-18)14-10-19(29-2)21(30-3)24-11-14/h4-7,10-12H,8-9,13H2,1-3H3. The summed E-state index contributed by atoms with van der Waals surface area (Å²) in [6, 6.07) is 8.93. The van der Waals surface area contributed by atoms with E-state index in [0.29, 0.717) is 59.9 Å². The van der Waals surface area contributed by atoms with Crippen LogP contribution in [0.2, 0.25) is 0 Å². The van der Waals surface area contributed by atoms with Crippen molar-refractivity contribution >= 4 is 11.6 Å². The molecule has 0 radical (unpaired) electrons. The van der Waals surface area contributed by atoms with Gasteiger partial charge in [-0.3, -0.25) is 9.78 Å². The first-order valence-corrected chi connectivity index (χ1v) is 9.62. The first-order valence-electron chi connectivity index (χ1n) is 9.62. The van der Waals surface area contributed by atoms with Gasteiger partial charge >= 0.3 is 0 Å². The van der Waals surface area contributed by atoms with E-state index in [2.05, 4.69) is 9.97 Å². The van der Waals surface area contributed by atoms with Crippen molar-refractivity contribution in [1.29, 1.82) is 0 Å². The van der Waals surface area contributed by atoms with Gasteiger partial charge in [0.2, 0.25) is 5.88 Å². The molecular weight excluding hydrogens is 400 g/mol. The van der Waals surface area contributed by atoms with Crippen molar-refractivity contribution in [1.82, 2.24) is 15.0 Å². The maximum absolute atomic E-state index is 12.9. The molecule has 1 amide bonds. The molecule has 0 fully saturated rings. The van der Waals surface area contributed by atoms with Gasteiger partial charge in [0.25, 0.3) is 11.8 Å². The highest BCUT2D eigenvalue weighted by atomic mass is 16.5. The highest BCUT2D eigenvalue weighted by molar-refractivity contribution is 6.09. The number of hydrogen-bond donors (Lipinski definition) is 0. The van der Waals surface area contributed by atoms with E-state index in [4.69, 9.17) is 23.9 Å². The Bertz CT molecular complexity index is 1090. The van der Waals surface area contributed by atoms with E-state index in [0.717, 1.165) is 5.56 Å². The number of carbonyl (C=O) groups excluding carboxylic acids is 1. The van der Waals surface area contributed by atoms with Gasteiger partial charge in [-0.1, -0.05) is 0 Å². The maximum atomic E-state index is 12.9. The first-order chi connectivity index (χ1) is 15.1. The van der Waals surface area contributed by atoms with Gasteiger partial charge in [-0.05, 0) is 24.3 Å². The van der Waals surface area contributed by atoms with Crippen molar-refractivity contribution < 1.29 is 23.7 Å². The second-order valence-electron chi connectivity index (χ2n) is 6.71. The van der Waals surface area contributed by atoms with E-state index >= 15 is 0 Å². The highest BCUT2D eigenvalue weighted by Gasteiger charge is 2.30. The minimum absolute atomic E-state index is 0.116. The fourth-order valence-corrected chi connectivity index (χ4v) is 3.27. The molecule has 1 aliphatic heterocycles. The van der Waals surface area contributed by atoms with Crippen LogP contribution in [0.1, 0.15) is 16.1 Å². The monoisotopic (exact) mass is 422 g/mol. The van der Waals surface area contributed by atoms with Crippen LogP contribution in [-0.4, -0.2) is 55.4 Å². The van der Waals surface area contributed by atoms with Gasteiger partial charge in [0, 0.05) is 24.9 Å². The van der Waals surface area contributed by atoms with Crippen molar-refractivity contribution in [3.8, 4) is 28.8 Å². The number of fused-ring (bicyclic) bond motifs is 1.